The predicted octanol–water partition coefficient (Wildman–Crippen LogP) is 4.98. The number of carbonyl (C=O) groups is 1. The third kappa shape index (κ3) is 21.1. The number of hydrogen-bond acceptors (Lipinski definition) is 3. The van der Waals surface area contributed by atoms with Crippen LogP contribution in [-0.2, 0) is 14.9 Å². The van der Waals surface area contributed by atoms with E-state index in [9.17, 15) is 13.2 Å². The molecule has 0 saturated carbocycles. The Morgan fingerprint density at radius 2 is 1.12 bits per heavy atom. The van der Waals surface area contributed by atoms with E-state index in [1.165, 1.54) is 25.7 Å². The highest BCUT2D eigenvalue weighted by Gasteiger charge is 2.02. The molecule has 0 aromatic carbocycles. The number of carboxylic acids is 1. The smallest absolute Gasteiger partial charge is 0.303 e. The number of allylic oxidation sites excluding steroid dienone is 2. The molecule has 2 N–H and O–H groups in total. The van der Waals surface area contributed by atoms with Gasteiger partial charge in [-0.1, -0.05) is 57.1 Å². The summed E-state index contributed by atoms with van der Waals surface area (Å²) >= 11 is 0. The van der Waals surface area contributed by atoms with Gasteiger partial charge in [-0.25, -0.2) is 0 Å². The summed E-state index contributed by atoms with van der Waals surface area (Å²) in [4.78, 5) is 10.3. The molecular weight excluding hydrogens is 328 g/mol. The van der Waals surface area contributed by atoms with Crippen LogP contribution in [0.15, 0.2) is 12.2 Å². The number of carboxylic acid groups (broad SMARTS) is 1. The van der Waals surface area contributed by atoms with E-state index in [2.05, 4.69) is 12.2 Å². The van der Waals surface area contributed by atoms with Gasteiger partial charge in [-0.15, -0.1) is 0 Å². The Bertz CT molecular complexity index is 429. The summed E-state index contributed by atoms with van der Waals surface area (Å²) in [5.74, 6) is -0.814. The van der Waals surface area contributed by atoms with Gasteiger partial charge in [0.2, 0.25) is 0 Å². The highest BCUT2D eigenvalue weighted by Crippen LogP contribution is 2.10. The molecule has 24 heavy (non-hydrogen) atoms. The van der Waals surface area contributed by atoms with E-state index in [4.69, 9.17) is 9.66 Å². The second-order valence-electron chi connectivity index (χ2n) is 6.37. The topological polar surface area (TPSA) is 91.7 Å². The minimum absolute atomic E-state index is 0.116. The van der Waals surface area contributed by atoms with Gasteiger partial charge in [0, 0.05) is 6.42 Å². The third-order valence-corrected chi connectivity index (χ3v) is 4.76. The summed E-state index contributed by atoms with van der Waals surface area (Å²) in [5, 5.41) is 8.52. The summed E-state index contributed by atoms with van der Waals surface area (Å²) < 4.78 is 29.7. The maximum atomic E-state index is 10.5. The predicted molar refractivity (Wildman–Crippen MR) is 97.8 cm³/mol. The molecule has 0 unspecified atom stereocenters. The van der Waals surface area contributed by atoms with Crippen LogP contribution in [-0.4, -0.2) is 29.8 Å². The normalized spacial score (nSPS) is 12.0. The first-order valence-corrected chi connectivity index (χ1v) is 10.8. The van der Waals surface area contributed by atoms with E-state index < -0.39 is 16.1 Å². The molecule has 0 aromatic heterocycles. The number of rotatable bonds is 17. The molecule has 142 valence electrons. The molecule has 0 bridgehead atoms. The van der Waals surface area contributed by atoms with Crippen LogP contribution < -0.4 is 0 Å². The van der Waals surface area contributed by atoms with Crippen molar-refractivity contribution in [1.82, 2.24) is 0 Å². The summed E-state index contributed by atoms with van der Waals surface area (Å²) in [5.41, 5.74) is 0. The fourth-order valence-corrected chi connectivity index (χ4v) is 3.13. The second kappa shape index (κ2) is 15.6. The molecule has 0 atom stereocenters. The average molecular weight is 363 g/mol. The van der Waals surface area contributed by atoms with E-state index in [0.717, 1.165) is 51.4 Å². The molecule has 0 saturated heterocycles. The maximum absolute atomic E-state index is 10.5. The first-order chi connectivity index (χ1) is 11.4. The molecule has 6 heteroatoms. The van der Waals surface area contributed by atoms with Crippen molar-refractivity contribution in [2.24, 2.45) is 0 Å². The van der Waals surface area contributed by atoms with Crippen molar-refractivity contribution in [1.29, 1.82) is 0 Å². The molecule has 0 aliphatic rings. The average Bonchev–Trinajstić information content (AvgIpc) is 2.49. The fourth-order valence-electron chi connectivity index (χ4n) is 2.56. The SMILES string of the molecule is O=C(O)CCCCCCCC=CCCCCCCCCS(=O)(=O)O. The van der Waals surface area contributed by atoms with Crippen molar-refractivity contribution in [3.05, 3.63) is 12.2 Å². The van der Waals surface area contributed by atoms with Gasteiger partial charge in [0.1, 0.15) is 0 Å². The first kappa shape index (κ1) is 23.1. The number of hydrogen-bond donors (Lipinski definition) is 2. The quantitative estimate of drug-likeness (QED) is 0.216. The highest BCUT2D eigenvalue weighted by atomic mass is 32.2. The summed E-state index contributed by atoms with van der Waals surface area (Å²) in [7, 11) is -3.78. The largest absolute Gasteiger partial charge is 0.481 e. The van der Waals surface area contributed by atoms with Crippen LogP contribution in [0.2, 0.25) is 0 Å². The molecule has 0 rings (SSSR count). The fraction of sp³-hybridized carbons (Fsp3) is 0.833. The molecule has 0 aliphatic carbocycles. The lowest BCUT2D eigenvalue weighted by Gasteiger charge is -2.00. The lowest BCUT2D eigenvalue weighted by atomic mass is 10.1. The van der Waals surface area contributed by atoms with Gasteiger partial charge >= 0.3 is 5.97 Å². The zero-order chi connectivity index (χ0) is 18.1. The van der Waals surface area contributed by atoms with Gasteiger partial charge in [-0.05, 0) is 38.5 Å². The van der Waals surface area contributed by atoms with Crippen molar-refractivity contribution in [2.75, 3.05) is 5.75 Å². The standard InChI is InChI=1S/C18H34O5S/c19-18(20)16-14-12-10-8-6-4-2-1-3-5-7-9-11-13-15-17-24(21,22)23/h1-2H,3-17H2,(H,19,20)(H,21,22,23). The van der Waals surface area contributed by atoms with Crippen molar-refractivity contribution in [3.63, 3.8) is 0 Å². The van der Waals surface area contributed by atoms with Crippen LogP contribution in [0.1, 0.15) is 89.9 Å². The summed E-state index contributed by atoms with van der Waals surface area (Å²) in [6, 6.07) is 0. The maximum Gasteiger partial charge on any atom is 0.303 e. The van der Waals surface area contributed by atoms with Crippen LogP contribution in [0.5, 0.6) is 0 Å². The van der Waals surface area contributed by atoms with Gasteiger partial charge in [0.15, 0.2) is 0 Å². The zero-order valence-corrected chi connectivity index (χ0v) is 15.6. The molecule has 0 aliphatic heterocycles. The molecule has 0 heterocycles. The van der Waals surface area contributed by atoms with Crippen molar-refractivity contribution >= 4 is 16.1 Å². The first-order valence-electron chi connectivity index (χ1n) is 9.24. The Morgan fingerprint density at radius 3 is 1.58 bits per heavy atom. The monoisotopic (exact) mass is 362 g/mol. The zero-order valence-electron chi connectivity index (χ0n) is 14.8. The van der Waals surface area contributed by atoms with Crippen molar-refractivity contribution in [3.8, 4) is 0 Å². The Labute approximate surface area is 147 Å². The van der Waals surface area contributed by atoms with Crippen LogP contribution >= 0.6 is 0 Å². The number of aliphatic carboxylic acids is 1. The van der Waals surface area contributed by atoms with Gasteiger partial charge in [0.05, 0.1) is 5.75 Å². The minimum atomic E-state index is -3.78. The second-order valence-corrected chi connectivity index (χ2v) is 7.94. The lowest BCUT2D eigenvalue weighted by Crippen LogP contribution is -2.03. The Balaban J connectivity index is 3.18. The molecule has 5 nitrogen and oxygen atoms in total. The van der Waals surface area contributed by atoms with Crippen LogP contribution in [0.3, 0.4) is 0 Å². The molecule has 0 aromatic rings. The van der Waals surface area contributed by atoms with Crippen LogP contribution in [0, 0.1) is 0 Å². The van der Waals surface area contributed by atoms with E-state index in [1.807, 2.05) is 0 Å². The molecule has 0 spiro atoms. The Morgan fingerprint density at radius 1 is 0.708 bits per heavy atom. The van der Waals surface area contributed by atoms with Crippen molar-refractivity contribution < 1.29 is 22.9 Å². The van der Waals surface area contributed by atoms with Gasteiger partial charge < -0.3 is 5.11 Å². The Hall–Kier alpha value is -0.880. The lowest BCUT2D eigenvalue weighted by molar-refractivity contribution is -0.137. The van der Waals surface area contributed by atoms with E-state index in [-0.39, 0.29) is 5.75 Å². The Kier molecular flexibility index (Phi) is 15.1. The number of unbranched alkanes of at least 4 members (excludes halogenated alkanes) is 11. The third-order valence-electron chi connectivity index (χ3n) is 3.95. The van der Waals surface area contributed by atoms with E-state index in [0.29, 0.717) is 12.8 Å². The van der Waals surface area contributed by atoms with Gasteiger partial charge in [-0.3, -0.25) is 9.35 Å². The molecule has 0 radical (unpaired) electrons. The van der Waals surface area contributed by atoms with E-state index >= 15 is 0 Å². The van der Waals surface area contributed by atoms with Gasteiger partial charge in [0.25, 0.3) is 10.1 Å². The molecule has 0 amide bonds. The van der Waals surface area contributed by atoms with Crippen LogP contribution in [0.4, 0.5) is 0 Å². The van der Waals surface area contributed by atoms with E-state index in [1.54, 1.807) is 0 Å². The van der Waals surface area contributed by atoms with Gasteiger partial charge in [-0.2, -0.15) is 8.42 Å². The van der Waals surface area contributed by atoms with Crippen LogP contribution in [0.25, 0.3) is 0 Å². The summed E-state index contributed by atoms with van der Waals surface area (Å²) in [6.45, 7) is 0. The minimum Gasteiger partial charge on any atom is -0.481 e. The molecule has 0 fully saturated rings. The molecular formula is C18H34O5S. The summed E-state index contributed by atoms with van der Waals surface area (Å²) in [6.07, 6.45) is 18.2. The van der Waals surface area contributed by atoms with Crippen molar-refractivity contribution in [2.45, 2.75) is 89.9 Å². The highest BCUT2D eigenvalue weighted by molar-refractivity contribution is 7.85.